The highest BCUT2D eigenvalue weighted by atomic mass is 35.6. The van der Waals surface area contributed by atoms with Crippen molar-refractivity contribution in [2.45, 2.75) is 13.3 Å². The molecule has 0 unspecified atom stereocenters. The molecular weight excluding hydrogens is 184 g/mol. The van der Waals surface area contributed by atoms with Gasteiger partial charge in [-0.05, 0) is 17.2 Å². The van der Waals surface area contributed by atoms with Gasteiger partial charge in [0.2, 0.25) is 8.11 Å². The summed E-state index contributed by atoms with van der Waals surface area (Å²) in [7, 11) is -1.01. The van der Waals surface area contributed by atoms with Gasteiger partial charge >= 0.3 is 0 Å². The minimum Gasteiger partial charge on any atom is -0.157 e. The number of hydrogen-bond donors (Lipinski definition) is 0. The van der Waals surface area contributed by atoms with Crippen molar-refractivity contribution < 1.29 is 0 Å². The minimum atomic E-state index is -1.01. The second kappa shape index (κ2) is 4.48. The molecule has 0 aliphatic carbocycles. The zero-order chi connectivity index (χ0) is 8.97. The minimum absolute atomic E-state index is 1.01. The number of benzene rings is 1. The van der Waals surface area contributed by atoms with Crippen LogP contribution in [0.25, 0.3) is 0 Å². The van der Waals surface area contributed by atoms with Gasteiger partial charge in [-0.2, -0.15) is 11.1 Å². The van der Waals surface area contributed by atoms with E-state index in [0.717, 1.165) is 6.42 Å². The van der Waals surface area contributed by atoms with Crippen molar-refractivity contribution in [1.82, 2.24) is 0 Å². The van der Waals surface area contributed by atoms with Crippen LogP contribution in [-0.2, 0) is 6.42 Å². The van der Waals surface area contributed by atoms with E-state index in [0.29, 0.717) is 0 Å². The molecule has 1 rings (SSSR count). The average Bonchev–Trinajstić information content (AvgIpc) is 2.16. The molecule has 0 aliphatic rings. The third-order valence-electron chi connectivity index (χ3n) is 1.83. The molecule has 63 valence electrons. The summed E-state index contributed by atoms with van der Waals surface area (Å²) in [5.41, 5.74) is 3.21. The van der Waals surface area contributed by atoms with Crippen LogP contribution in [0, 0.1) is 0 Å². The molecule has 0 N–H and O–H groups in total. The van der Waals surface area contributed by atoms with Crippen molar-refractivity contribution in [3.05, 3.63) is 42.1 Å². The van der Waals surface area contributed by atoms with E-state index < -0.39 is 8.11 Å². The van der Waals surface area contributed by atoms with Gasteiger partial charge in [0.25, 0.3) is 0 Å². The molecular formula is C10H12ClSi. The summed E-state index contributed by atoms with van der Waals surface area (Å²) >= 11 is 6.16. The monoisotopic (exact) mass is 195 g/mol. The van der Waals surface area contributed by atoms with Gasteiger partial charge in [0.15, 0.2) is 0 Å². The van der Waals surface area contributed by atoms with E-state index in [2.05, 4.69) is 31.7 Å². The molecule has 0 saturated carbocycles. The SMILES string of the molecule is C=C[Si](Cl)c1ccccc1CC. The highest BCUT2D eigenvalue weighted by Gasteiger charge is 2.09. The van der Waals surface area contributed by atoms with Gasteiger partial charge in [-0.3, -0.25) is 0 Å². The van der Waals surface area contributed by atoms with E-state index in [4.69, 9.17) is 11.1 Å². The Kier molecular flexibility index (Phi) is 3.57. The Morgan fingerprint density at radius 3 is 2.75 bits per heavy atom. The number of halogens is 1. The van der Waals surface area contributed by atoms with E-state index in [-0.39, 0.29) is 0 Å². The predicted molar refractivity (Wildman–Crippen MR) is 57.3 cm³/mol. The molecule has 0 saturated heterocycles. The molecule has 0 atom stereocenters. The lowest BCUT2D eigenvalue weighted by Crippen LogP contribution is -2.25. The molecule has 0 nitrogen and oxygen atoms in total. The Balaban J connectivity index is 3.04. The van der Waals surface area contributed by atoms with E-state index in [1.54, 1.807) is 0 Å². The standard InChI is InChI=1S/C10H12ClSi/c1-3-9-7-5-6-8-10(9)12(11)4-2/h4-8H,2-3H2,1H3. The highest BCUT2D eigenvalue weighted by molar-refractivity contribution is 7.17. The molecule has 0 spiro atoms. The molecule has 1 aromatic carbocycles. The van der Waals surface area contributed by atoms with Crippen LogP contribution in [0.15, 0.2) is 36.5 Å². The van der Waals surface area contributed by atoms with Crippen LogP contribution in [-0.4, -0.2) is 8.11 Å². The third-order valence-corrected chi connectivity index (χ3v) is 4.27. The zero-order valence-corrected chi connectivity index (χ0v) is 8.93. The van der Waals surface area contributed by atoms with Crippen LogP contribution in [0.5, 0.6) is 0 Å². The van der Waals surface area contributed by atoms with Gasteiger partial charge in [-0.1, -0.05) is 36.9 Å². The lowest BCUT2D eigenvalue weighted by molar-refractivity contribution is 1.15. The Morgan fingerprint density at radius 2 is 2.17 bits per heavy atom. The second-order valence-electron chi connectivity index (χ2n) is 2.56. The smallest absolute Gasteiger partial charge is 0.157 e. The largest absolute Gasteiger partial charge is 0.226 e. The first-order chi connectivity index (χ1) is 5.79. The molecule has 0 amide bonds. The van der Waals surface area contributed by atoms with Gasteiger partial charge in [-0.25, -0.2) is 0 Å². The number of hydrogen-bond acceptors (Lipinski definition) is 0. The van der Waals surface area contributed by atoms with Gasteiger partial charge in [-0.15, -0.1) is 6.58 Å². The second-order valence-corrected chi connectivity index (χ2v) is 5.43. The van der Waals surface area contributed by atoms with Crippen molar-refractivity contribution in [3.8, 4) is 0 Å². The maximum atomic E-state index is 6.16. The summed E-state index contributed by atoms with van der Waals surface area (Å²) in [6, 6.07) is 8.32. The highest BCUT2D eigenvalue weighted by Crippen LogP contribution is 2.02. The number of aryl methyl sites for hydroxylation is 1. The molecule has 1 radical (unpaired) electrons. The molecule has 0 heterocycles. The van der Waals surface area contributed by atoms with Gasteiger partial charge in [0.1, 0.15) is 0 Å². The lowest BCUT2D eigenvalue weighted by Gasteiger charge is -2.07. The molecule has 0 bridgehead atoms. The average molecular weight is 196 g/mol. The van der Waals surface area contributed by atoms with Crippen LogP contribution < -0.4 is 5.19 Å². The Bertz CT molecular complexity index is 270. The Hall–Kier alpha value is -0.533. The summed E-state index contributed by atoms with van der Waals surface area (Å²) in [5.74, 6) is 0. The quantitative estimate of drug-likeness (QED) is 0.514. The van der Waals surface area contributed by atoms with Gasteiger partial charge < -0.3 is 0 Å². The maximum Gasteiger partial charge on any atom is 0.226 e. The van der Waals surface area contributed by atoms with Crippen molar-refractivity contribution >= 4 is 24.4 Å². The molecule has 0 aliphatic heterocycles. The first kappa shape index (κ1) is 9.55. The van der Waals surface area contributed by atoms with Crippen LogP contribution in [0.3, 0.4) is 0 Å². The van der Waals surface area contributed by atoms with Crippen LogP contribution in [0.4, 0.5) is 0 Å². The zero-order valence-electron chi connectivity index (χ0n) is 7.18. The lowest BCUT2D eigenvalue weighted by atomic mass is 10.2. The summed E-state index contributed by atoms with van der Waals surface area (Å²) in [4.78, 5) is 0. The van der Waals surface area contributed by atoms with Crippen molar-refractivity contribution in [2.75, 3.05) is 0 Å². The fourth-order valence-electron chi connectivity index (χ4n) is 1.17. The third kappa shape index (κ3) is 1.99. The van der Waals surface area contributed by atoms with Gasteiger partial charge in [0, 0.05) is 0 Å². The van der Waals surface area contributed by atoms with E-state index in [9.17, 15) is 0 Å². The summed E-state index contributed by atoms with van der Waals surface area (Å²) in [6.45, 7) is 5.87. The molecule has 12 heavy (non-hydrogen) atoms. The molecule has 2 heteroatoms. The fourth-order valence-corrected chi connectivity index (χ4v) is 2.77. The predicted octanol–water partition coefficient (Wildman–Crippen LogP) is 2.41. The first-order valence-electron chi connectivity index (χ1n) is 4.02. The Labute approximate surface area is 80.2 Å². The van der Waals surface area contributed by atoms with Gasteiger partial charge in [0.05, 0.1) is 0 Å². The van der Waals surface area contributed by atoms with Crippen LogP contribution >= 0.6 is 11.1 Å². The van der Waals surface area contributed by atoms with Crippen molar-refractivity contribution in [3.63, 3.8) is 0 Å². The summed E-state index contributed by atoms with van der Waals surface area (Å²) in [6.07, 6.45) is 1.05. The van der Waals surface area contributed by atoms with Crippen LogP contribution in [0.1, 0.15) is 12.5 Å². The van der Waals surface area contributed by atoms with Crippen molar-refractivity contribution in [1.29, 1.82) is 0 Å². The normalized spacial score (nSPS) is 10.2. The first-order valence-corrected chi connectivity index (χ1v) is 6.61. The summed E-state index contributed by atoms with van der Waals surface area (Å²) in [5, 5.41) is 1.28. The fraction of sp³-hybridized carbons (Fsp3) is 0.200. The topological polar surface area (TPSA) is 0 Å². The van der Waals surface area contributed by atoms with Crippen LogP contribution in [0.2, 0.25) is 0 Å². The number of rotatable bonds is 3. The molecule has 0 aromatic heterocycles. The molecule has 1 aromatic rings. The summed E-state index contributed by atoms with van der Waals surface area (Å²) < 4.78 is 0. The van der Waals surface area contributed by atoms with Crippen molar-refractivity contribution in [2.24, 2.45) is 0 Å². The van der Waals surface area contributed by atoms with E-state index in [1.807, 2.05) is 11.8 Å². The maximum absolute atomic E-state index is 6.16. The molecule has 0 fully saturated rings. The Morgan fingerprint density at radius 1 is 1.50 bits per heavy atom. The van der Waals surface area contributed by atoms with E-state index in [1.165, 1.54) is 10.8 Å². The van der Waals surface area contributed by atoms with E-state index >= 15 is 0 Å².